The summed E-state index contributed by atoms with van der Waals surface area (Å²) in [6.07, 6.45) is 2.28. The van der Waals surface area contributed by atoms with Gasteiger partial charge in [0.15, 0.2) is 11.5 Å². The minimum atomic E-state index is -3.56. The number of ether oxygens (including phenoxy) is 4. The van der Waals surface area contributed by atoms with Gasteiger partial charge in [0.2, 0.25) is 15.9 Å². The van der Waals surface area contributed by atoms with Crippen LogP contribution in [0.2, 0.25) is 0 Å². The smallest absolute Gasteiger partial charge is 0.232 e. The van der Waals surface area contributed by atoms with E-state index in [1.54, 1.807) is 25.3 Å². The molecule has 2 aromatic carbocycles. The van der Waals surface area contributed by atoms with Crippen LogP contribution in [-0.4, -0.2) is 53.1 Å². The summed E-state index contributed by atoms with van der Waals surface area (Å²) >= 11 is 0. The van der Waals surface area contributed by atoms with Crippen LogP contribution in [0, 0.1) is 0 Å². The molecule has 2 aliphatic heterocycles. The van der Waals surface area contributed by atoms with Gasteiger partial charge >= 0.3 is 0 Å². The molecule has 2 heterocycles. The Balaban J connectivity index is 1.42. The lowest BCUT2D eigenvalue weighted by molar-refractivity contribution is -0.122. The second-order valence-electron chi connectivity index (χ2n) is 9.36. The van der Waals surface area contributed by atoms with Crippen LogP contribution in [0.25, 0.3) is 0 Å². The Morgan fingerprint density at radius 3 is 2.54 bits per heavy atom. The van der Waals surface area contributed by atoms with Gasteiger partial charge in [-0.25, -0.2) is 8.42 Å². The predicted octanol–water partition coefficient (Wildman–Crippen LogP) is 3.43. The quantitative estimate of drug-likeness (QED) is 0.587. The van der Waals surface area contributed by atoms with E-state index in [9.17, 15) is 13.2 Å². The number of hydrogen-bond donors (Lipinski definition) is 1. The molecule has 4 rings (SSSR count). The van der Waals surface area contributed by atoms with Crippen molar-refractivity contribution in [2.75, 3.05) is 37.4 Å². The van der Waals surface area contributed by atoms with Gasteiger partial charge in [-0.2, -0.15) is 0 Å². The molecule has 0 fully saturated rings. The van der Waals surface area contributed by atoms with Crippen molar-refractivity contribution in [2.24, 2.45) is 0 Å². The van der Waals surface area contributed by atoms with E-state index in [1.165, 1.54) is 4.31 Å². The van der Waals surface area contributed by atoms with Crippen molar-refractivity contribution >= 4 is 21.6 Å². The molecule has 0 aliphatic carbocycles. The van der Waals surface area contributed by atoms with Crippen LogP contribution >= 0.6 is 0 Å². The Labute approximate surface area is 206 Å². The van der Waals surface area contributed by atoms with Gasteiger partial charge in [0, 0.05) is 31.0 Å². The van der Waals surface area contributed by atoms with E-state index in [-0.39, 0.29) is 24.9 Å². The van der Waals surface area contributed by atoms with E-state index in [4.69, 9.17) is 18.9 Å². The van der Waals surface area contributed by atoms with Crippen LogP contribution in [-0.2, 0) is 14.8 Å². The molecule has 190 valence electrons. The summed E-state index contributed by atoms with van der Waals surface area (Å²) in [6.45, 7) is 5.00. The fraction of sp³-hybridized carbons (Fsp3) is 0.480. The Bertz CT molecular complexity index is 1200. The number of benzene rings is 2. The van der Waals surface area contributed by atoms with Gasteiger partial charge in [0.05, 0.1) is 25.1 Å². The highest BCUT2D eigenvalue weighted by Gasteiger charge is 2.35. The zero-order valence-electron chi connectivity index (χ0n) is 20.5. The van der Waals surface area contributed by atoms with Crippen molar-refractivity contribution in [3.05, 3.63) is 42.0 Å². The van der Waals surface area contributed by atoms with Crippen molar-refractivity contribution < 1.29 is 32.2 Å². The number of nitrogens with one attached hydrogen (secondary N) is 1. The number of fused-ring (bicyclic) bond motifs is 2. The molecular weight excluding hydrogens is 472 g/mol. The maximum absolute atomic E-state index is 12.9. The first-order valence-corrected chi connectivity index (χ1v) is 13.4. The van der Waals surface area contributed by atoms with Crippen LogP contribution in [0.5, 0.6) is 23.0 Å². The molecule has 1 N–H and O–H groups in total. The standard InChI is InChI=1S/C25H32N2O7S/c1-25(2)16-20(19-15-18(31-3)8-10-21(19)34-25)26-24(28)6-5-11-27(35(4,29)30)17-7-9-22-23(14-17)33-13-12-32-22/h7-10,14-15,20H,5-6,11-13,16H2,1-4H3,(H,26,28). The zero-order chi connectivity index (χ0) is 25.2. The SMILES string of the molecule is COc1ccc2c(c1)C(NC(=O)CCCN(c1ccc3c(c1)OCCO3)S(C)(=O)=O)CC(C)(C)O2. The minimum Gasteiger partial charge on any atom is -0.497 e. The van der Waals surface area contributed by atoms with Crippen molar-refractivity contribution in [1.29, 1.82) is 0 Å². The number of amides is 1. The first-order valence-electron chi connectivity index (χ1n) is 11.6. The van der Waals surface area contributed by atoms with Crippen LogP contribution < -0.4 is 28.6 Å². The number of methoxy groups -OCH3 is 1. The van der Waals surface area contributed by atoms with Crippen molar-refractivity contribution in [2.45, 2.75) is 44.8 Å². The number of anilines is 1. The predicted molar refractivity (Wildman–Crippen MR) is 132 cm³/mol. The Morgan fingerprint density at radius 2 is 1.83 bits per heavy atom. The third-order valence-electron chi connectivity index (χ3n) is 5.99. The molecule has 1 amide bonds. The van der Waals surface area contributed by atoms with E-state index in [2.05, 4.69) is 5.32 Å². The van der Waals surface area contributed by atoms with E-state index in [0.717, 1.165) is 11.8 Å². The molecule has 1 atom stereocenters. The highest BCUT2D eigenvalue weighted by molar-refractivity contribution is 7.92. The molecule has 0 bridgehead atoms. The average Bonchev–Trinajstić information content (AvgIpc) is 2.80. The number of hydrogen-bond acceptors (Lipinski definition) is 7. The van der Waals surface area contributed by atoms with Crippen molar-refractivity contribution in [1.82, 2.24) is 5.32 Å². The fourth-order valence-corrected chi connectivity index (χ4v) is 5.37. The number of rotatable bonds is 8. The molecule has 0 saturated carbocycles. The van der Waals surface area contributed by atoms with Gasteiger partial charge in [-0.1, -0.05) is 0 Å². The third-order valence-corrected chi connectivity index (χ3v) is 7.18. The van der Waals surface area contributed by atoms with Crippen molar-refractivity contribution in [3.8, 4) is 23.0 Å². The Morgan fingerprint density at radius 1 is 1.11 bits per heavy atom. The summed E-state index contributed by atoms with van der Waals surface area (Å²) in [4.78, 5) is 12.9. The molecule has 0 spiro atoms. The zero-order valence-corrected chi connectivity index (χ0v) is 21.3. The van der Waals surface area contributed by atoms with Gasteiger partial charge in [-0.3, -0.25) is 9.10 Å². The van der Waals surface area contributed by atoms with Gasteiger partial charge in [0.25, 0.3) is 0 Å². The molecule has 0 saturated heterocycles. The van der Waals surface area contributed by atoms with Crippen molar-refractivity contribution in [3.63, 3.8) is 0 Å². The summed E-state index contributed by atoms with van der Waals surface area (Å²) in [6, 6.07) is 10.4. The largest absolute Gasteiger partial charge is 0.497 e. The summed E-state index contributed by atoms with van der Waals surface area (Å²) in [5.41, 5.74) is 0.903. The van der Waals surface area contributed by atoms with Crippen LogP contribution in [0.1, 0.15) is 44.7 Å². The molecule has 2 aliphatic rings. The maximum atomic E-state index is 12.9. The highest BCUT2D eigenvalue weighted by Crippen LogP contribution is 2.41. The summed E-state index contributed by atoms with van der Waals surface area (Å²) in [7, 11) is -1.96. The van der Waals surface area contributed by atoms with Gasteiger partial charge in [-0.15, -0.1) is 0 Å². The lowest BCUT2D eigenvalue weighted by Crippen LogP contribution is -2.41. The van der Waals surface area contributed by atoms with Crippen LogP contribution in [0.15, 0.2) is 36.4 Å². The summed E-state index contributed by atoms with van der Waals surface area (Å²) in [5.74, 6) is 2.35. The van der Waals surface area contributed by atoms with Gasteiger partial charge in [0.1, 0.15) is 30.3 Å². The first-order chi connectivity index (χ1) is 16.6. The fourth-order valence-electron chi connectivity index (χ4n) is 4.41. The number of carbonyl (C=O) groups is 1. The summed E-state index contributed by atoms with van der Waals surface area (Å²) in [5, 5.41) is 3.10. The summed E-state index contributed by atoms with van der Waals surface area (Å²) < 4.78 is 48.8. The van der Waals surface area contributed by atoms with Gasteiger partial charge < -0.3 is 24.3 Å². The second kappa shape index (κ2) is 9.85. The molecule has 2 aromatic rings. The maximum Gasteiger partial charge on any atom is 0.232 e. The van der Waals surface area contributed by atoms with E-state index < -0.39 is 15.6 Å². The second-order valence-corrected chi connectivity index (χ2v) is 11.3. The van der Waals surface area contributed by atoms with E-state index >= 15 is 0 Å². The third kappa shape index (κ3) is 5.93. The minimum absolute atomic E-state index is 0.155. The lowest BCUT2D eigenvalue weighted by atomic mass is 9.89. The van der Waals surface area contributed by atoms with Crippen LogP contribution in [0.4, 0.5) is 5.69 Å². The molecular formula is C25H32N2O7S. The topological polar surface area (TPSA) is 103 Å². The number of carbonyl (C=O) groups excluding carboxylic acids is 1. The van der Waals surface area contributed by atoms with E-state index in [1.807, 2.05) is 32.0 Å². The lowest BCUT2D eigenvalue weighted by Gasteiger charge is -2.38. The Kier molecular flexibility index (Phi) is 7.02. The van der Waals surface area contributed by atoms with E-state index in [0.29, 0.717) is 54.7 Å². The molecule has 0 radical (unpaired) electrons. The molecule has 9 nitrogen and oxygen atoms in total. The van der Waals surface area contributed by atoms with Crippen LogP contribution in [0.3, 0.4) is 0 Å². The average molecular weight is 505 g/mol. The first kappa shape index (κ1) is 25.0. The number of nitrogens with zero attached hydrogens (tertiary/aromatic N) is 1. The molecule has 10 heteroatoms. The molecule has 0 aromatic heterocycles. The number of sulfonamides is 1. The highest BCUT2D eigenvalue weighted by atomic mass is 32.2. The molecule has 1 unspecified atom stereocenters. The van der Waals surface area contributed by atoms with Gasteiger partial charge in [-0.05, 0) is 50.6 Å². The normalized spacial score (nSPS) is 18.1. The monoisotopic (exact) mass is 504 g/mol. The molecule has 35 heavy (non-hydrogen) atoms. The Hall–Kier alpha value is -3.14.